The molecule has 1 heterocycles. The topological polar surface area (TPSA) is 122 Å². The first-order valence-corrected chi connectivity index (χ1v) is 10.6. The third kappa shape index (κ3) is 5.66. The van der Waals surface area contributed by atoms with Crippen LogP contribution in [0.3, 0.4) is 0 Å². The molecule has 0 atom stereocenters. The van der Waals surface area contributed by atoms with Crippen molar-refractivity contribution < 1.29 is 27.5 Å². The molecule has 11 heteroatoms. The minimum Gasteiger partial charge on any atom is -0.452 e. The van der Waals surface area contributed by atoms with Gasteiger partial charge in [-0.25, -0.2) is 18.0 Å². The monoisotopic (exact) mass is 431 g/mol. The van der Waals surface area contributed by atoms with Crippen LogP contribution in [-0.4, -0.2) is 56.9 Å². The number of carbonyl (C=O) groups is 3. The van der Waals surface area contributed by atoms with Gasteiger partial charge in [-0.15, -0.1) is 0 Å². The van der Waals surface area contributed by atoms with Gasteiger partial charge in [-0.2, -0.15) is 4.31 Å². The van der Waals surface area contributed by atoms with Crippen LogP contribution < -0.4 is 10.6 Å². The molecule has 2 N–H and O–H groups in total. The number of nitrogens with zero attached hydrogens (tertiary/aromatic N) is 1. The highest BCUT2D eigenvalue weighted by Gasteiger charge is 2.28. The maximum Gasteiger partial charge on any atom is 0.340 e. The summed E-state index contributed by atoms with van der Waals surface area (Å²) in [6.07, 6.45) is 2.26. The molecule has 1 fully saturated rings. The third-order valence-corrected chi connectivity index (χ3v) is 6.21. The molecule has 0 aliphatic carbocycles. The SMILES string of the molecule is CCCNC(=O)NC(=O)COC(=O)c1cc(S(=O)(=O)N2CCCC2)ccc1Cl. The number of hydrogen-bond donors (Lipinski definition) is 2. The molecule has 0 bridgehead atoms. The fraction of sp³-hybridized carbons (Fsp3) is 0.471. The molecule has 0 aromatic heterocycles. The number of halogens is 1. The summed E-state index contributed by atoms with van der Waals surface area (Å²) in [5.41, 5.74) is -0.176. The lowest BCUT2D eigenvalue weighted by atomic mass is 10.2. The minimum absolute atomic E-state index is 0.00790. The second-order valence-corrected chi connectivity index (χ2v) is 8.48. The van der Waals surface area contributed by atoms with Gasteiger partial charge in [0.1, 0.15) is 0 Å². The highest BCUT2D eigenvalue weighted by Crippen LogP contribution is 2.25. The maximum absolute atomic E-state index is 12.6. The van der Waals surface area contributed by atoms with E-state index in [1.54, 1.807) is 0 Å². The zero-order valence-corrected chi connectivity index (χ0v) is 16.9. The normalized spacial score (nSPS) is 14.5. The highest BCUT2D eigenvalue weighted by atomic mass is 35.5. The Kier molecular flexibility index (Phi) is 7.78. The Balaban J connectivity index is 2.03. The Morgan fingerprint density at radius 2 is 1.89 bits per heavy atom. The van der Waals surface area contributed by atoms with Gasteiger partial charge in [0.25, 0.3) is 5.91 Å². The van der Waals surface area contributed by atoms with Gasteiger partial charge < -0.3 is 10.1 Å². The number of benzene rings is 1. The van der Waals surface area contributed by atoms with E-state index in [9.17, 15) is 22.8 Å². The summed E-state index contributed by atoms with van der Waals surface area (Å²) >= 11 is 5.98. The van der Waals surface area contributed by atoms with Crippen molar-refractivity contribution in [2.75, 3.05) is 26.2 Å². The Morgan fingerprint density at radius 1 is 1.21 bits per heavy atom. The van der Waals surface area contributed by atoms with Gasteiger partial charge in [0, 0.05) is 19.6 Å². The largest absolute Gasteiger partial charge is 0.452 e. The summed E-state index contributed by atoms with van der Waals surface area (Å²) in [6.45, 7) is 2.38. The number of hydrogen-bond acceptors (Lipinski definition) is 6. The number of sulfonamides is 1. The lowest BCUT2D eigenvalue weighted by Crippen LogP contribution is -2.41. The van der Waals surface area contributed by atoms with Crippen molar-refractivity contribution in [2.24, 2.45) is 0 Å². The summed E-state index contributed by atoms with van der Waals surface area (Å²) < 4.78 is 31.4. The van der Waals surface area contributed by atoms with E-state index in [-0.39, 0.29) is 15.5 Å². The maximum atomic E-state index is 12.6. The van der Waals surface area contributed by atoms with Gasteiger partial charge in [-0.3, -0.25) is 10.1 Å². The summed E-state index contributed by atoms with van der Waals surface area (Å²) in [5, 5.41) is 4.44. The van der Waals surface area contributed by atoms with Crippen LogP contribution >= 0.6 is 11.6 Å². The first kappa shape index (κ1) is 22.1. The average molecular weight is 432 g/mol. The molecule has 1 aromatic rings. The zero-order chi connectivity index (χ0) is 20.7. The van der Waals surface area contributed by atoms with Gasteiger partial charge in [0.05, 0.1) is 15.5 Å². The quantitative estimate of drug-likeness (QED) is 0.631. The van der Waals surface area contributed by atoms with Crippen molar-refractivity contribution in [3.8, 4) is 0 Å². The smallest absolute Gasteiger partial charge is 0.340 e. The Morgan fingerprint density at radius 3 is 2.54 bits per heavy atom. The number of ether oxygens (including phenoxy) is 1. The fourth-order valence-corrected chi connectivity index (χ4v) is 4.29. The summed E-state index contributed by atoms with van der Waals surface area (Å²) in [7, 11) is -3.73. The lowest BCUT2D eigenvalue weighted by Gasteiger charge is -2.16. The first-order valence-electron chi connectivity index (χ1n) is 8.80. The zero-order valence-electron chi connectivity index (χ0n) is 15.4. The van der Waals surface area contributed by atoms with Crippen molar-refractivity contribution in [1.29, 1.82) is 0 Å². The molecule has 2 rings (SSSR count). The molecule has 1 saturated heterocycles. The van der Waals surface area contributed by atoms with Crippen LogP contribution in [0.5, 0.6) is 0 Å². The first-order chi connectivity index (χ1) is 13.3. The number of rotatable bonds is 7. The van der Waals surface area contributed by atoms with Gasteiger partial charge >= 0.3 is 12.0 Å². The van der Waals surface area contributed by atoms with Crippen molar-refractivity contribution in [2.45, 2.75) is 31.1 Å². The van der Waals surface area contributed by atoms with Crippen LogP contribution in [0.2, 0.25) is 5.02 Å². The minimum atomic E-state index is -3.73. The van der Waals surface area contributed by atoms with Crippen LogP contribution in [0.1, 0.15) is 36.5 Å². The molecule has 1 aliphatic rings. The van der Waals surface area contributed by atoms with Crippen molar-refractivity contribution in [3.63, 3.8) is 0 Å². The summed E-state index contributed by atoms with van der Waals surface area (Å²) in [5.74, 6) is -1.79. The highest BCUT2D eigenvalue weighted by molar-refractivity contribution is 7.89. The number of esters is 1. The average Bonchev–Trinajstić information content (AvgIpc) is 3.20. The number of carbonyl (C=O) groups excluding carboxylic acids is 3. The van der Waals surface area contributed by atoms with Crippen LogP contribution in [0.4, 0.5) is 4.79 Å². The standard InChI is InChI=1S/C17H22ClN3O6S/c1-2-7-19-17(24)20-15(22)11-27-16(23)13-10-12(5-6-14(13)18)28(25,26)21-8-3-4-9-21/h5-6,10H,2-4,7-9,11H2,1H3,(H2,19,20,22,24). The van der Waals surface area contributed by atoms with E-state index in [2.05, 4.69) is 5.32 Å². The van der Waals surface area contributed by atoms with Crippen LogP contribution in [0.15, 0.2) is 23.1 Å². The van der Waals surface area contributed by atoms with Gasteiger partial charge in [-0.1, -0.05) is 18.5 Å². The molecular weight excluding hydrogens is 410 g/mol. The van der Waals surface area contributed by atoms with E-state index in [0.717, 1.165) is 18.9 Å². The molecule has 154 valence electrons. The van der Waals surface area contributed by atoms with Crippen molar-refractivity contribution in [1.82, 2.24) is 14.9 Å². The summed E-state index contributed by atoms with van der Waals surface area (Å²) in [6, 6.07) is 3.04. The Bertz CT molecular complexity index is 852. The molecule has 1 aromatic carbocycles. The lowest BCUT2D eigenvalue weighted by molar-refractivity contribution is -0.123. The van der Waals surface area contributed by atoms with Crippen LogP contribution in [0.25, 0.3) is 0 Å². The molecule has 28 heavy (non-hydrogen) atoms. The molecule has 1 aliphatic heterocycles. The number of imide groups is 1. The van der Waals surface area contributed by atoms with E-state index in [1.807, 2.05) is 12.2 Å². The van der Waals surface area contributed by atoms with Gasteiger partial charge in [-0.05, 0) is 37.5 Å². The van der Waals surface area contributed by atoms with Gasteiger partial charge in [0.2, 0.25) is 10.0 Å². The predicted octanol–water partition coefficient (Wildman–Crippen LogP) is 1.52. The van der Waals surface area contributed by atoms with Crippen LogP contribution in [0, 0.1) is 0 Å². The van der Waals surface area contributed by atoms with Crippen LogP contribution in [-0.2, 0) is 19.6 Å². The fourth-order valence-electron chi connectivity index (χ4n) is 2.55. The van der Waals surface area contributed by atoms with E-state index in [4.69, 9.17) is 16.3 Å². The molecule has 0 unspecified atom stereocenters. The molecular formula is C17H22ClN3O6S. The van der Waals surface area contributed by atoms with E-state index >= 15 is 0 Å². The summed E-state index contributed by atoms with van der Waals surface area (Å²) in [4.78, 5) is 35.2. The third-order valence-electron chi connectivity index (χ3n) is 3.98. The number of urea groups is 1. The number of nitrogens with one attached hydrogen (secondary N) is 2. The van der Waals surface area contributed by atoms with E-state index in [1.165, 1.54) is 16.4 Å². The van der Waals surface area contributed by atoms with Crippen molar-refractivity contribution >= 4 is 39.5 Å². The Labute approximate surface area is 168 Å². The molecule has 9 nitrogen and oxygen atoms in total. The van der Waals surface area contributed by atoms with E-state index in [0.29, 0.717) is 26.1 Å². The number of amides is 3. The Hall–Kier alpha value is -2.17. The molecule has 0 radical (unpaired) electrons. The second kappa shape index (κ2) is 9.85. The molecule has 3 amide bonds. The molecule has 0 spiro atoms. The second-order valence-electron chi connectivity index (χ2n) is 6.13. The van der Waals surface area contributed by atoms with E-state index < -0.39 is 34.5 Å². The van der Waals surface area contributed by atoms with Crippen molar-refractivity contribution in [3.05, 3.63) is 28.8 Å². The predicted molar refractivity (Wildman–Crippen MR) is 102 cm³/mol. The molecule has 0 saturated carbocycles. The van der Waals surface area contributed by atoms with Gasteiger partial charge in [0.15, 0.2) is 6.61 Å².